The van der Waals surface area contributed by atoms with E-state index in [0.717, 1.165) is 0 Å². The number of esters is 1. The lowest BCUT2D eigenvalue weighted by Crippen LogP contribution is -2.18. The lowest BCUT2D eigenvalue weighted by molar-refractivity contribution is -0.120. The first-order valence-electron chi connectivity index (χ1n) is 5.64. The van der Waals surface area contributed by atoms with Crippen molar-refractivity contribution >= 4 is 17.6 Å². The highest BCUT2D eigenvalue weighted by atomic mass is 16.5. The first kappa shape index (κ1) is 14.0. The molecule has 3 N–H and O–H groups in total. The second-order valence-corrected chi connectivity index (χ2v) is 3.81. The van der Waals surface area contributed by atoms with Gasteiger partial charge < -0.3 is 15.8 Å². The Morgan fingerprint density at radius 1 is 1.50 bits per heavy atom. The van der Waals surface area contributed by atoms with E-state index >= 15 is 0 Å². The van der Waals surface area contributed by atoms with E-state index in [2.05, 4.69) is 10.3 Å². The Kier molecular flexibility index (Phi) is 5.10. The van der Waals surface area contributed by atoms with Crippen LogP contribution in [0.2, 0.25) is 0 Å². The van der Waals surface area contributed by atoms with Crippen LogP contribution in [0.4, 0.5) is 5.69 Å². The topological polar surface area (TPSA) is 94.3 Å². The highest BCUT2D eigenvalue weighted by Crippen LogP contribution is 2.11. The number of rotatable bonds is 5. The largest absolute Gasteiger partial charge is 0.462 e. The molecule has 0 fully saturated rings. The molecule has 0 radical (unpaired) electrons. The van der Waals surface area contributed by atoms with E-state index in [1.54, 1.807) is 14.0 Å². The summed E-state index contributed by atoms with van der Waals surface area (Å²) in [6, 6.07) is 1.53. The van der Waals surface area contributed by atoms with E-state index in [1.807, 2.05) is 0 Å². The van der Waals surface area contributed by atoms with Crippen LogP contribution in [0.1, 0.15) is 28.9 Å². The lowest BCUT2D eigenvalue weighted by Gasteiger charge is -2.07. The molecule has 0 aromatic carbocycles. The third kappa shape index (κ3) is 4.04. The molecule has 6 nitrogen and oxygen atoms in total. The number of hydrogen-bond acceptors (Lipinski definition) is 5. The molecule has 1 aromatic rings. The molecule has 1 heterocycles. The van der Waals surface area contributed by atoms with Crippen molar-refractivity contribution in [2.24, 2.45) is 0 Å². The summed E-state index contributed by atoms with van der Waals surface area (Å²) in [7, 11) is 1.57. The van der Waals surface area contributed by atoms with Gasteiger partial charge in [0.05, 0.1) is 29.7 Å². The highest BCUT2D eigenvalue weighted by Gasteiger charge is 2.12. The predicted molar refractivity (Wildman–Crippen MR) is 67.0 cm³/mol. The van der Waals surface area contributed by atoms with Gasteiger partial charge in [0.1, 0.15) is 0 Å². The molecular weight excluding hydrogens is 234 g/mol. The zero-order valence-electron chi connectivity index (χ0n) is 10.5. The maximum absolute atomic E-state index is 11.7. The van der Waals surface area contributed by atoms with Crippen LogP contribution in [0.25, 0.3) is 0 Å². The fraction of sp³-hybridized carbons (Fsp3) is 0.417. The van der Waals surface area contributed by atoms with E-state index in [9.17, 15) is 9.59 Å². The monoisotopic (exact) mass is 251 g/mol. The van der Waals surface area contributed by atoms with Crippen molar-refractivity contribution in [2.45, 2.75) is 19.8 Å². The summed E-state index contributed by atoms with van der Waals surface area (Å²) in [6.45, 7) is 1.90. The zero-order valence-corrected chi connectivity index (χ0v) is 10.5. The quantitative estimate of drug-likeness (QED) is 0.592. The first-order chi connectivity index (χ1) is 8.54. The van der Waals surface area contributed by atoms with Gasteiger partial charge in [-0.1, -0.05) is 0 Å². The van der Waals surface area contributed by atoms with Gasteiger partial charge in [-0.2, -0.15) is 0 Å². The summed E-state index contributed by atoms with van der Waals surface area (Å²) >= 11 is 0. The Bertz CT molecular complexity index is 446. The number of aryl methyl sites for hydroxylation is 1. The zero-order chi connectivity index (χ0) is 13.5. The average molecular weight is 251 g/mol. The van der Waals surface area contributed by atoms with Crippen LogP contribution in [0.3, 0.4) is 0 Å². The summed E-state index contributed by atoms with van der Waals surface area (Å²) in [5.41, 5.74) is 6.90. The van der Waals surface area contributed by atoms with Crippen molar-refractivity contribution < 1.29 is 14.3 Å². The smallest absolute Gasteiger partial charge is 0.340 e. The third-order valence-electron chi connectivity index (χ3n) is 2.39. The normalized spacial score (nSPS) is 9.89. The number of anilines is 1. The second kappa shape index (κ2) is 6.58. The molecule has 0 atom stereocenters. The number of nitrogens with one attached hydrogen (secondary N) is 1. The van der Waals surface area contributed by atoms with Crippen molar-refractivity contribution in [3.05, 3.63) is 23.5 Å². The number of nitrogens with two attached hydrogens (primary N) is 1. The van der Waals surface area contributed by atoms with Crippen LogP contribution in [-0.2, 0) is 9.53 Å². The standard InChI is InChI=1S/C12H17N3O3/c1-8-10(6-9(13)7-15-8)12(17)18-5-3-4-11(16)14-2/h6-7H,3-5,13H2,1-2H3,(H,14,16). The summed E-state index contributed by atoms with van der Waals surface area (Å²) < 4.78 is 5.04. The lowest BCUT2D eigenvalue weighted by atomic mass is 10.2. The molecule has 18 heavy (non-hydrogen) atoms. The Balaban J connectivity index is 2.46. The van der Waals surface area contributed by atoms with Gasteiger partial charge in [0.25, 0.3) is 0 Å². The summed E-state index contributed by atoms with van der Waals surface area (Å²) in [4.78, 5) is 26.6. The minimum atomic E-state index is -0.468. The number of pyridine rings is 1. The summed E-state index contributed by atoms with van der Waals surface area (Å²) in [5, 5.41) is 2.50. The summed E-state index contributed by atoms with van der Waals surface area (Å²) in [6.07, 6.45) is 2.30. The first-order valence-corrected chi connectivity index (χ1v) is 5.64. The number of carbonyl (C=O) groups is 2. The molecular formula is C12H17N3O3. The van der Waals surface area contributed by atoms with Crippen LogP contribution in [0.15, 0.2) is 12.3 Å². The van der Waals surface area contributed by atoms with E-state index < -0.39 is 5.97 Å². The van der Waals surface area contributed by atoms with Gasteiger partial charge in [-0.15, -0.1) is 0 Å². The predicted octanol–water partition coefficient (Wildman–Crippen LogP) is 0.655. The number of nitrogen functional groups attached to an aromatic ring is 1. The Hall–Kier alpha value is -2.11. The number of aromatic nitrogens is 1. The highest BCUT2D eigenvalue weighted by molar-refractivity contribution is 5.91. The maximum Gasteiger partial charge on any atom is 0.340 e. The van der Waals surface area contributed by atoms with Gasteiger partial charge in [0, 0.05) is 13.5 Å². The average Bonchev–Trinajstić information content (AvgIpc) is 2.36. The van der Waals surface area contributed by atoms with Crippen LogP contribution in [0, 0.1) is 6.92 Å². The van der Waals surface area contributed by atoms with Gasteiger partial charge in [-0.3, -0.25) is 9.78 Å². The molecule has 0 aliphatic carbocycles. The molecule has 0 bridgehead atoms. The van der Waals surface area contributed by atoms with E-state index in [0.29, 0.717) is 29.8 Å². The molecule has 1 aromatic heterocycles. The molecule has 0 saturated carbocycles. The fourth-order valence-corrected chi connectivity index (χ4v) is 1.36. The van der Waals surface area contributed by atoms with Gasteiger partial charge in [-0.25, -0.2) is 4.79 Å². The number of nitrogens with zero attached hydrogens (tertiary/aromatic N) is 1. The molecule has 1 amide bonds. The fourth-order valence-electron chi connectivity index (χ4n) is 1.36. The summed E-state index contributed by atoms with van der Waals surface area (Å²) in [5.74, 6) is -0.544. The minimum Gasteiger partial charge on any atom is -0.462 e. The molecule has 0 saturated heterocycles. The number of amides is 1. The van der Waals surface area contributed by atoms with Gasteiger partial charge in [0.15, 0.2) is 0 Å². The van der Waals surface area contributed by atoms with Crippen molar-refractivity contribution in [2.75, 3.05) is 19.4 Å². The van der Waals surface area contributed by atoms with Gasteiger partial charge in [-0.05, 0) is 19.4 Å². The second-order valence-electron chi connectivity index (χ2n) is 3.81. The van der Waals surface area contributed by atoms with Crippen LogP contribution in [-0.4, -0.2) is 30.5 Å². The SMILES string of the molecule is CNC(=O)CCCOC(=O)c1cc(N)cnc1C. The number of ether oxygens (including phenoxy) is 1. The van der Waals surface area contributed by atoms with E-state index in [1.165, 1.54) is 12.3 Å². The van der Waals surface area contributed by atoms with Gasteiger partial charge in [0.2, 0.25) is 5.91 Å². The van der Waals surface area contributed by atoms with Crippen LogP contribution < -0.4 is 11.1 Å². The minimum absolute atomic E-state index is 0.0761. The molecule has 98 valence electrons. The maximum atomic E-state index is 11.7. The molecule has 6 heteroatoms. The number of hydrogen-bond donors (Lipinski definition) is 2. The van der Waals surface area contributed by atoms with Crippen LogP contribution >= 0.6 is 0 Å². The van der Waals surface area contributed by atoms with Gasteiger partial charge >= 0.3 is 5.97 Å². The number of carbonyl (C=O) groups excluding carboxylic acids is 2. The van der Waals surface area contributed by atoms with E-state index in [4.69, 9.17) is 10.5 Å². The molecule has 0 aliphatic rings. The Morgan fingerprint density at radius 2 is 2.22 bits per heavy atom. The Morgan fingerprint density at radius 3 is 2.89 bits per heavy atom. The van der Waals surface area contributed by atoms with Crippen molar-refractivity contribution in [3.63, 3.8) is 0 Å². The van der Waals surface area contributed by atoms with Crippen molar-refractivity contribution in [1.82, 2.24) is 10.3 Å². The Labute approximate surface area is 106 Å². The molecule has 0 unspecified atom stereocenters. The molecule has 1 rings (SSSR count). The van der Waals surface area contributed by atoms with Crippen molar-refractivity contribution in [1.29, 1.82) is 0 Å². The van der Waals surface area contributed by atoms with Crippen LogP contribution in [0.5, 0.6) is 0 Å². The van der Waals surface area contributed by atoms with E-state index in [-0.39, 0.29) is 12.5 Å². The molecule has 0 aliphatic heterocycles. The molecule has 0 spiro atoms. The third-order valence-corrected chi connectivity index (χ3v) is 2.39. The van der Waals surface area contributed by atoms with Crippen molar-refractivity contribution in [3.8, 4) is 0 Å².